The fourth-order valence-corrected chi connectivity index (χ4v) is 2.48. The minimum Gasteiger partial charge on any atom is -0.368 e. The number of aryl methyl sites for hydroxylation is 1. The molecule has 110 valence electrons. The first kappa shape index (κ1) is 15.5. The maximum absolute atomic E-state index is 11.9. The van der Waals surface area contributed by atoms with Crippen LogP contribution in [0, 0.1) is 6.92 Å². The molecule has 0 atom stereocenters. The Hall–Kier alpha value is -1.87. The molecular weight excluding hydrogens is 356 g/mol. The summed E-state index contributed by atoms with van der Waals surface area (Å²) in [5.41, 5.74) is 12.7. The second kappa shape index (κ2) is 6.72. The van der Waals surface area contributed by atoms with Crippen molar-refractivity contribution in [2.45, 2.75) is 12.1 Å². The van der Waals surface area contributed by atoms with Crippen LogP contribution in [0.5, 0.6) is 0 Å². The molecule has 21 heavy (non-hydrogen) atoms. The van der Waals surface area contributed by atoms with Crippen LogP contribution in [-0.2, 0) is 4.79 Å². The van der Waals surface area contributed by atoms with Crippen molar-refractivity contribution >= 4 is 51.2 Å². The zero-order chi connectivity index (χ0) is 15.4. The highest BCUT2D eigenvalue weighted by Crippen LogP contribution is 2.21. The van der Waals surface area contributed by atoms with Crippen LogP contribution in [0.25, 0.3) is 0 Å². The standard InChI is InChI=1S/C12H13BrN6OS/c1-6-2-3-7(4-8(6)13)16-9(20)5-21-12-18-10(14)17-11(15)19-12/h2-4H,5H2,1H3,(H,16,20)(H4,14,15,17,18,19). The van der Waals surface area contributed by atoms with Crippen LogP contribution in [-0.4, -0.2) is 26.6 Å². The number of benzene rings is 1. The third kappa shape index (κ3) is 4.57. The molecule has 5 N–H and O–H groups in total. The Kier molecular flexibility index (Phi) is 4.97. The van der Waals surface area contributed by atoms with Gasteiger partial charge < -0.3 is 16.8 Å². The number of carbonyl (C=O) groups excluding carboxylic acids is 1. The average Bonchev–Trinajstić information content (AvgIpc) is 2.40. The Morgan fingerprint density at radius 2 is 1.95 bits per heavy atom. The SMILES string of the molecule is Cc1ccc(NC(=O)CSc2nc(N)nc(N)n2)cc1Br. The number of hydrogen-bond acceptors (Lipinski definition) is 7. The van der Waals surface area contributed by atoms with E-state index in [-0.39, 0.29) is 23.6 Å². The minimum absolute atomic E-state index is 0.0351. The molecule has 0 saturated heterocycles. The topological polar surface area (TPSA) is 120 Å². The Balaban J connectivity index is 1.94. The van der Waals surface area contributed by atoms with Crippen molar-refractivity contribution in [3.05, 3.63) is 28.2 Å². The Labute approximate surface area is 134 Å². The highest BCUT2D eigenvalue weighted by Gasteiger charge is 2.08. The average molecular weight is 369 g/mol. The van der Waals surface area contributed by atoms with Crippen molar-refractivity contribution in [2.75, 3.05) is 22.5 Å². The minimum atomic E-state index is -0.173. The number of rotatable bonds is 4. The van der Waals surface area contributed by atoms with Crippen LogP contribution in [0.1, 0.15) is 5.56 Å². The fraction of sp³-hybridized carbons (Fsp3) is 0.167. The van der Waals surface area contributed by atoms with Crippen LogP contribution < -0.4 is 16.8 Å². The zero-order valence-corrected chi connectivity index (χ0v) is 13.5. The largest absolute Gasteiger partial charge is 0.368 e. The van der Waals surface area contributed by atoms with E-state index in [0.717, 1.165) is 21.8 Å². The number of carbonyl (C=O) groups is 1. The van der Waals surface area contributed by atoms with Gasteiger partial charge in [0.25, 0.3) is 0 Å². The summed E-state index contributed by atoms with van der Waals surface area (Å²) in [6.45, 7) is 1.97. The number of thioether (sulfide) groups is 1. The third-order valence-corrected chi connectivity index (χ3v) is 4.14. The van der Waals surface area contributed by atoms with Gasteiger partial charge in [-0.25, -0.2) is 0 Å². The zero-order valence-electron chi connectivity index (χ0n) is 11.1. The second-order valence-electron chi connectivity index (χ2n) is 4.14. The van der Waals surface area contributed by atoms with Gasteiger partial charge in [0.05, 0.1) is 5.75 Å². The predicted molar refractivity (Wildman–Crippen MR) is 86.9 cm³/mol. The van der Waals surface area contributed by atoms with E-state index in [9.17, 15) is 4.79 Å². The van der Waals surface area contributed by atoms with Crippen molar-refractivity contribution in [1.82, 2.24) is 15.0 Å². The number of nitrogens with zero attached hydrogens (tertiary/aromatic N) is 3. The van der Waals surface area contributed by atoms with E-state index in [0.29, 0.717) is 10.8 Å². The lowest BCUT2D eigenvalue weighted by atomic mass is 10.2. The van der Waals surface area contributed by atoms with Crippen molar-refractivity contribution in [1.29, 1.82) is 0 Å². The van der Waals surface area contributed by atoms with Crippen LogP contribution in [0.15, 0.2) is 27.8 Å². The highest BCUT2D eigenvalue weighted by atomic mass is 79.9. The van der Waals surface area contributed by atoms with Gasteiger partial charge >= 0.3 is 0 Å². The van der Waals surface area contributed by atoms with Gasteiger partial charge in [0.15, 0.2) is 5.16 Å². The lowest BCUT2D eigenvalue weighted by Crippen LogP contribution is -2.14. The number of nitrogen functional groups attached to an aromatic ring is 2. The first-order chi connectivity index (χ1) is 9.94. The number of hydrogen-bond donors (Lipinski definition) is 3. The molecule has 7 nitrogen and oxygen atoms in total. The lowest BCUT2D eigenvalue weighted by molar-refractivity contribution is -0.113. The quantitative estimate of drug-likeness (QED) is 0.704. The van der Waals surface area contributed by atoms with Crippen molar-refractivity contribution in [2.24, 2.45) is 0 Å². The molecule has 0 aliphatic heterocycles. The molecule has 1 heterocycles. The third-order valence-electron chi connectivity index (χ3n) is 2.44. The molecule has 1 aromatic carbocycles. The van der Waals surface area contributed by atoms with E-state index in [4.69, 9.17) is 11.5 Å². The smallest absolute Gasteiger partial charge is 0.234 e. The van der Waals surface area contributed by atoms with E-state index in [1.807, 2.05) is 25.1 Å². The van der Waals surface area contributed by atoms with Gasteiger partial charge in [-0.05, 0) is 24.6 Å². The highest BCUT2D eigenvalue weighted by molar-refractivity contribution is 9.10. The van der Waals surface area contributed by atoms with E-state index < -0.39 is 0 Å². The molecule has 0 fully saturated rings. The summed E-state index contributed by atoms with van der Waals surface area (Å²) in [6.07, 6.45) is 0. The number of anilines is 3. The number of nitrogens with two attached hydrogens (primary N) is 2. The predicted octanol–water partition coefficient (Wildman–Crippen LogP) is 1.84. The van der Waals surface area contributed by atoms with Gasteiger partial charge in [-0.2, -0.15) is 15.0 Å². The van der Waals surface area contributed by atoms with Crippen LogP contribution >= 0.6 is 27.7 Å². The molecule has 2 aromatic rings. The van der Waals surface area contributed by atoms with E-state index >= 15 is 0 Å². The summed E-state index contributed by atoms with van der Waals surface area (Å²) in [5, 5.41) is 3.11. The maximum Gasteiger partial charge on any atom is 0.234 e. The molecule has 0 spiro atoms. The van der Waals surface area contributed by atoms with Crippen LogP contribution in [0.2, 0.25) is 0 Å². The van der Waals surface area contributed by atoms with Gasteiger partial charge in [0, 0.05) is 10.2 Å². The molecule has 0 saturated carbocycles. The Morgan fingerprint density at radius 1 is 1.29 bits per heavy atom. The number of nitrogens with one attached hydrogen (secondary N) is 1. The van der Waals surface area contributed by atoms with E-state index in [1.165, 1.54) is 0 Å². The molecule has 0 bridgehead atoms. The number of amides is 1. The summed E-state index contributed by atoms with van der Waals surface area (Å²) in [6, 6.07) is 5.60. The van der Waals surface area contributed by atoms with Gasteiger partial charge in [0.1, 0.15) is 0 Å². The normalized spacial score (nSPS) is 10.4. The molecule has 9 heteroatoms. The number of aromatic nitrogens is 3. The molecule has 2 rings (SSSR count). The van der Waals surface area contributed by atoms with Crippen LogP contribution in [0.4, 0.5) is 17.6 Å². The molecule has 0 aliphatic rings. The summed E-state index contributed by atoms with van der Waals surface area (Å²) in [7, 11) is 0. The fourth-order valence-electron chi connectivity index (χ4n) is 1.45. The van der Waals surface area contributed by atoms with Gasteiger partial charge in [-0.1, -0.05) is 33.8 Å². The van der Waals surface area contributed by atoms with Gasteiger partial charge in [-0.3, -0.25) is 4.79 Å². The monoisotopic (exact) mass is 368 g/mol. The molecular formula is C12H13BrN6OS. The molecule has 0 aliphatic carbocycles. The number of halogens is 1. The van der Waals surface area contributed by atoms with Gasteiger partial charge in [0.2, 0.25) is 17.8 Å². The second-order valence-corrected chi connectivity index (χ2v) is 5.93. The van der Waals surface area contributed by atoms with E-state index in [2.05, 4.69) is 36.2 Å². The molecule has 0 radical (unpaired) electrons. The summed E-state index contributed by atoms with van der Waals surface area (Å²) >= 11 is 4.55. The summed E-state index contributed by atoms with van der Waals surface area (Å²) in [5.74, 6) is 0.0445. The van der Waals surface area contributed by atoms with Crippen LogP contribution in [0.3, 0.4) is 0 Å². The van der Waals surface area contributed by atoms with Crippen molar-refractivity contribution < 1.29 is 4.79 Å². The van der Waals surface area contributed by atoms with Gasteiger partial charge in [-0.15, -0.1) is 0 Å². The Bertz CT molecular complexity index is 661. The first-order valence-electron chi connectivity index (χ1n) is 5.90. The van der Waals surface area contributed by atoms with E-state index in [1.54, 1.807) is 0 Å². The molecule has 0 unspecified atom stereocenters. The summed E-state index contributed by atoms with van der Waals surface area (Å²) in [4.78, 5) is 23.3. The van der Waals surface area contributed by atoms with Crippen molar-refractivity contribution in [3.8, 4) is 0 Å². The first-order valence-corrected chi connectivity index (χ1v) is 7.68. The lowest BCUT2D eigenvalue weighted by Gasteiger charge is -2.06. The molecule has 1 aromatic heterocycles. The summed E-state index contributed by atoms with van der Waals surface area (Å²) < 4.78 is 0.936. The Morgan fingerprint density at radius 3 is 2.57 bits per heavy atom. The van der Waals surface area contributed by atoms with Crippen molar-refractivity contribution in [3.63, 3.8) is 0 Å². The molecule has 1 amide bonds. The maximum atomic E-state index is 11.9.